The van der Waals surface area contributed by atoms with Crippen LogP contribution in [0.4, 0.5) is 4.79 Å². The zero-order chi connectivity index (χ0) is 18.3. The lowest BCUT2D eigenvalue weighted by atomic mass is 10.2. The molecule has 0 aliphatic heterocycles. The van der Waals surface area contributed by atoms with Crippen LogP contribution in [-0.4, -0.2) is 36.2 Å². The van der Waals surface area contributed by atoms with Crippen molar-refractivity contribution in [2.24, 2.45) is 0 Å². The molecular formula is C17H24N2O5. The molecule has 0 aliphatic rings. The number of carbonyl (C=O) groups excluding carboxylic acids is 3. The third kappa shape index (κ3) is 6.68. The van der Waals surface area contributed by atoms with Crippen LogP contribution in [0, 0.1) is 6.92 Å². The summed E-state index contributed by atoms with van der Waals surface area (Å²) in [6.07, 6.45) is -1.99. The summed E-state index contributed by atoms with van der Waals surface area (Å²) in [6, 6.07) is 6.48. The first-order chi connectivity index (χ1) is 11.2. The van der Waals surface area contributed by atoms with Crippen LogP contribution in [0.2, 0.25) is 0 Å². The minimum Gasteiger partial charge on any atom is -0.479 e. The van der Waals surface area contributed by atoms with E-state index in [9.17, 15) is 14.4 Å². The largest absolute Gasteiger partial charge is 0.479 e. The lowest BCUT2D eigenvalue weighted by Gasteiger charge is -2.18. The zero-order valence-electron chi connectivity index (χ0n) is 14.6. The van der Waals surface area contributed by atoms with Gasteiger partial charge in [0, 0.05) is 6.04 Å². The van der Waals surface area contributed by atoms with Crippen LogP contribution >= 0.6 is 0 Å². The quantitative estimate of drug-likeness (QED) is 0.774. The van der Waals surface area contributed by atoms with E-state index in [2.05, 4.69) is 10.6 Å². The Morgan fingerprint density at radius 1 is 1.04 bits per heavy atom. The molecule has 0 radical (unpaired) electrons. The highest BCUT2D eigenvalue weighted by molar-refractivity contribution is 5.97. The standard InChI is InChI=1S/C17H24N2O5/c1-10(2)18-17(22)19-15(20)12(4)24-16(21)13(5)23-14-8-6-7-11(3)9-14/h6-10,12-13H,1-5H3,(H2,18,19,20,22)/t12-,13-/m1/s1. The average Bonchev–Trinajstić information content (AvgIpc) is 2.45. The first-order valence-electron chi connectivity index (χ1n) is 7.74. The fourth-order valence-electron chi connectivity index (χ4n) is 1.78. The SMILES string of the molecule is Cc1cccc(O[C@H](C)C(=O)O[C@H](C)C(=O)NC(=O)NC(C)C)c1. The van der Waals surface area contributed by atoms with E-state index in [0.717, 1.165) is 5.56 Å². The number of esters is 1. The summed E-state index contributed by atoms with van der Waals surface area (Å²) in [5.74, 6) is -0.861. The first-order valence-corrected chi connectivity index (χ1v) is 7.74. The molecule has 0 saturated heterocycles. The molecule has 2 atom stereocenters. The van der Waals surface area contributed by atoms with E-state index in [1.54, 1.807) is 26.0 Å². The highest BCUT2D eigenvalue weighted by atomic mass is 16.6. The number of urea groups is 1. The Bertz CT molecular complexity index is 600. The van der Waals surface area contributed by atoms with Gasteiger partial charge < -0.3 is 14.8 Å². The Labute approximate surface area is 141 Å². The second-order valence-electron chi connectivity index (χ2n) is 5.77. The van der Waals surface area contributed by atoms with Crippen molar-refractivity contribution in [3.63, 3.8) is 0 Å². The third-order valence-corrected chi connectivity index (χ3v) is 2.95. The lowest BCUT2D eigenvalue weighted by Crippen LogP contribution is -2.47. The second-order valence-corrected chi connectivity index (χ2v) is 5.77. The Morgan fingerprint density at radius 2 is 1.71 bits per heavy atom. The van der Waals surface area contributed by atoms with Crippen molar-refractivity contribution >= 4 is 17.9 Å². The molecule has 7 heteroatoms. The Hall–Kier alpha value is -2.57. The number of hydrogen-bond acceptors (Lipinski definition) is 5. The summed E-state index contributed by atoms with van der Waals surface area (Å²) in [5.41, 5.74) is 0.997. The van der Waals surface area contributed by atoms with E-state index in [0.29, 0.717) is 5.75 Å². The molecular weight excluding hydrogens is 312 g/mol. The van der Waals surface area contributed by atoms with Gasteiger partial charge in [0.1, 0.15) is 5.75 Å². The topological polar surface area (TPSA) is 93.7 Å². The Balaban J connectivity index is 2.50. The fraction of sp³-hybridized carbons (Fsp3) is 0.471. The van der Waals surface area contributed by atoms with Gasteiger partial charge in [-0.15, -0.1) is 0 Å². The van der Waals surface area contributed by atoms with Gasteiger partial charge in [-0.3, -0.25) is 10.1 Å². The predicted molar refractivity (Wildman–Crippen MR) is 88.6 cm³/mol. The van der Waals surface area contributed by atoms with Crippen LogP contribution in [0.15, 0.2) is 24.3 Å². The minimum atomic E-state index is -1.11. The molecule has 1 aromatic rings. The molecule has 24 heavy (non-hydrogen) atoms. The van der Waals surface area contributed by atoms with Crippen molar-refractivity contribution in [3.8, 4) is 5.75 Å². The number of hydrogen-bond donors (Lipinski definition) is 2. The van der Waals surface area contributed by atoms with E-state index in [4.69, 9.17) is 9.47 Å². The molecule has 0 heterocycles. The molecule has 0 aromatic heterocycles. The third-order valence-electron chi connectivity index (χ3n) is 2.95. The average molecular weight is 336 g/mol. The fourth-order valence-corrected chi connectivity index (χ4v) is 1.78. The number of ether oxygens (including phenoxy) is 2. The molecule has 0 bridgehead atoms. The van der Waals surface area contributed by atoms with Gasteiger partial charge in [-0.1, -0.05) is 12.1 Å². The van der Waals surface area contributed by atoms with Crippen molar-refractivity contribution in [2.75, 3.05) is 0 Å². The molecule has 1 rings (SSSR count). The van der Waals surface area contributed by atoms with Crippen molar-refractivity contribution in [1.82, 2.24) is 10.6 Å². The molecule has 0 saturated carbocycles. The van der Waals surface area contributed by atoms with Crippen LogP contribution in [-0.2, 0) is 14.3 Å². The zero-order valence-corrected chi connectivity index (χ0v) is 14.6. The normalized spacial score (nSPS) is 12.9. The molecule has 3 amide bonds. The van der Waals surface area contributed by atoms with Gasteiger partial charge in [0.2, 0.25) is 0 Å². The molecule has 1 aromatic carbocycles. The van der Waals surface area contributed by atoms with Crippen LogP contribution < -0.4 is 15.4 Å². The molecule has 0 unspecified atom stereocenters. The number of imide groups is 1. The van der Waals surface area contributed by atoms with Crippen molar-refractivity contribution in [3.05, 3.63) is 29.8 Å². The number of nitrogens with one attached hydrogen (secondary N) is 2. The maximum atomic E-state index is 12.0. The van der Waals surface area contributed by atoms with Gasteiger partial charge >= 0.3 is 12.0 Å². The van der Waals surface area contributed by atoms with E-state index in [-0.39, 0.29) is 6.04 Å². The van der Waals surface area contributed by atoms with Crippen molar-refractivity contribution < 1.29 is 23.9 Å². The molecule has 0 fully saturated rings. The van der Waals surface area contributed by atoms with Crippen molar-refractivity contribution in [2.45, 2.75) is 52.9 Å². The monoisotopic (exact) mass is 336 g/mol. The summed E-state index contributed by atoms with van der Waals surface area (Å²) in [7, 11) is 0. The van der Waals surface area contributed by atoms with E-state index in [1.807, 2.05) is 19.1 Å². The lowest BCUT2D eigenvalue weighted by molar-refractivity contribution is -0.160. The number of benzene rings is 1. The summed E-state index contributed by atoms with van der Waals surface area (Å²) in [5, 5.41) is 4.61. The van der Waals surface area contributed by atoms with Gasteiger partial charge in [0.25, 0.3) is 5.91 Å². The van der Waals surface area contributed by atoms with Crippen LogP contribution in [0.25, 0.3) is 0 Å². The Kier molecular flexibility index (Phi) is 7.23. The number of amides is 3. The number of aryl methyl sites for hydroxylation is 1. The smallest absolute Gasteiger partial charge is 0.347 e. The van der Waals surface area contributed by atoms with E-state index < -0.39 is 30.1 Å². The predicted octanol–water partition coefficient (Wildman–Crippen LogP) is 1.93. The van der Waals surface area contributed by atoms with Crippen LogP contribution in [0.1, 0.15) is 33.3 Å². The molecule has 2 N–H and O–H groups in total. The van der Waals surface area contributed by atoms with E-state index >= 15 is 0 Å². The van der Waals surface area contributed by atoms with Crippen LogP contribution in [0.3, 0.4) is 0 Å². The summed E-state index contributed by atoms with van der Waals surface area (Å²) < 4.78 is 10.5. The molecule has 7 nitrogen and oxygen atoms in total. The molecule has 0 spiro atoms. The van der Waals surface area contributed by atoms with Gasteiger partial charge in [0.05, 0.1) is 0 Å². The number of rotatable bonds is 6. The molecule has 132 valence electrons. The highest BCUT2D eigenvalue weighted by Crippen LogP contribution is 2.14. The number of carbonyl (C=O) groups is 3. The van der Waals surface area contributed by atoms with Crippen molar-refractivity contribution in [1.29, 1.82) is 0 Å². The second kappa shape index (κ2) is 8.90. The first kappa shape index (κ1) is 19.5. The summed E-state index contributed by atoms with van der Waals surface area (Å²) in [4.78, 5) is 35.2. The van der Waals surface area contributed by atoms with Crippen LogP contribution in [0.5, 0.6) is 5.75 Å². The summed E-state index contributed by atoms with van der Waals surface area (Å²) >= 11 is 0. The van der Waals surface area contributed by atoms with Gasteiger partial charge in [-0.05, 0) is 52.3 Å². The van der Waals surface area contributed by atoms with E-state index in [1.165, 1.54) is 13.8 Å². The van der Waals surface area contributed by atoms with Gasteiger partial charge in [0.15, 0.2) is 12.2 Å². The summed E-state index contributed by atoms with van der Waals surface area (Å²) in [6.45, 7) is 8.34. The highest BCUT2D eigenvalue weighted by Gasteiger charge is 2.24. The van der Waals surface area contributed by atoms with Gasteiger partial charge in [-0.2, -0.15) is 0 Å². The van der Waals surface area contributed by atoms with Gasteiger partial charge in [-0.25, -0.2) is 9.59 Å². The maximum absolute atomic E-state index is 12.0. The maximum Gasteiger partial charge on any atom is 0.347 e. The minimum absolute atomic E-state index is 0.113. The molecule has 0 aliphatic carbocycles. The Morgan fingerprint density at radius 3 is 2.29 bits per heavy atom.